The molecular formula is C15H28N2O3. The van der Waals surface area contributed by atoms with E-state index in [0.29, 0.717) is 18.6 Å². The Balaban J connectivity index is 1.94. The minimum atomic E-state index is -0.840. The lowest BCUT2D eigenvalue weighted by molar-refractivity contribution is -0.145. The Labute approximate surface area is 121 Å². The number of hydrogen-bond acceptors (Lipinski definition) is 4. The van der Waals surface area contributed by atoms with E-state index in [0.717, 1.165) is 38.9 Å². The highest BCUT2D eigenvalue weighted by Gasteiger charge is 2.39. The number of nitrogens with zero attached hydrogens (tertiary/aromatic N) is 1. The van der Waals surface area contributed by atoms with E-state index in [4.69, 9.17) is 4.74 Å². The zero-order valence-corrected chi connectivity index (χ0v) is 12.9. The van der Waals surface area contributed by atoms with Gasteiger partial charge < -0.3 is 15.2 Å². The summed E-state index contributed by atoms with van der Waals surface area (Å²) in [5.41, 5.74) is -0.840. The van der Waals surface area contributed by atoms with Gasteiger partial charge in [-0.15, -0.1) is 0 Å². The molecule has 2 aliphatic rings. The van der Waals surface area contributed by atoms with Crippen molar-refractivity contribution in [3.63, 3.8) is 0 Å². The van der Waals surface area contributed by atoms with Crippen LogP contribution >= 0.6 is 0 Å². The van der Waals surface area contributed by atoms with Crippen molar-refractivity contribution in [1.82, 2.24) is 10.2 Å². The fourth-order valence-corrected chi connectivity index (χ4v) is 3.36. The Bertz CT molecular complexity index is 338. The number of rotatable bonds is 7. The molecule has 0 radical (unpaired) electrons. The average molecular weight is 284 g/mol. The Morgan fingerprint density at radius 2 is 2.05 bits per heavy atom. The zero-order valence-electron chi connectivity index (χ0n) is 12.9. The van der Waals surface area contributed by atoms with Crippen molar-refractivity contribution >= 4 is 5.97 Å². The van der Waals surface area contributed by atoms with Gasteiger partial charge in [-0.05, 0) is 46.1 Å². The third-order valence-electron chi connectivity index (χ3n) is 4.64. The smallest absolute Gasteiger partial charge is 0.323 e. The monoisotopic (exact) mass is 284 g/mol. The number of nitrogens with one attached hydrogen (secondary N) is 1. The van der Waals surface area contributed by atoms with Crippen LogP contribution in [0.5, 0.6) is 0 Å². The van der Waals surface area contributed by atoms with Gasteiger partial charge in [0.2, 0.25) is 0 Å². The number of hydrogen-bond donors (Lipinski definition) is 2. The molecule has 116 valence electrons. The number of carboxylic acids is 1. The molecule has 2 N–H and O–H groups in total. The Kier molecular flexibility index (Phi) is 5.04. The number of aliphatic carboxylic acids is 1. The van der Waals surface area contributed by atoms with Gasteiger partial charge in [0.25, 0.3) is 0 Å². The van der Waals surface area contributed by atoms with Gasteiger partial charge in [-0.1, -0.05) is 6.92 Å². The van der Waals surface area contributed by atoms with Crippen LogP contribution in [0, 0.1) is 0 Å². The molecule has 20 heavy (non-hydrogen) atoms. The van der Waals surface area contributed by atoms with Crippen LogP contribution < -0.4 is 5.32 Å². The number of likely N-dealkylation sites (tertiary alicyclic amines) is 1. The van der Waals surface area contributed by atoms with E-state index in [9.17, 15) is 9.90 Å². The van der Waals surface area contributed by atoms with Gasteiger partial charge >= 0.3 is 5.97 Å². The predicted molar refractivity (Wildman–Crippen MR) is 77.9 cm³/mol. The molecule has 0 aromatic carbocycles. The number of ether oxygens (including phenoxy) is 1. The summed E-state index contributed by atoms with van der Waals surface area (Å²) in [5.74, 6) is -0.756. The van der Waals surface area contributed by atoms with Crippen LogP contribution in [-0.4, -0.2) is 59.4 Å². The van der Waals surface area contributed by atoms with Crippen molar-refractivity contribution in [2.75, 3.05) is 19.6 Å². The number of fused-ring (bicyclic) bond motifs is 2. The van der Waals surface area contributed by atoms with E-state index in [2.05, 4.69) is 24.1 Å². The fraction of sp³-hybridized carbons (Fsp3) is 0.933. The minimum Gasteiger partial charge on any atom is -0.480 e. The van der Waals surface area contributed by atoms with Crippen molar-refractivity contribution in [2.45, 2.75) is 70.2 Å². The third kappa shape index (κ3) is 3.51. The largest absolute Gasteiger partial charge is 0.480 e. The van der Waals surface area contributed by atoms with E-state index >= 15 is 0 Å². The van der Waals surface area contributed by atoms with Crippen molar-refractivity contribution in [3.05, 3.63) is 0 Å². The molecule has 5 nitrogen and oxygen atoms in total. The summed E-state index contributed by atoms with van der Waals surface area (Å²) in [6, 6.07) is 0.257. The van der Waals surface area contributed by atoms with Gasteiger partial charge in [0.05, 0.1) is 12.2 Å². The number of carboxylic acid groups (broad SMARTS) is 1. The molecule has 2 bridgehead atoms. The highest BCUT2D eigenvalue weighted by atomic mass is 16.5. The molecule has 4 unspecified atom stereocenters. The second kappa shape index (κ2) is 6.41. The first-order chi connectivity index (χ1) is 9.44. The van der Waals surface area contributed by atoms with Crippen molar-refractivity contribution < 1.29 is 14.6 Å². The van der Waals surface area contributed by atoms with Crippen LogP contribution in [0.4, 0.5) is 0 Å². The summed E-state index contributed by atoms with van der Waals surface area (Å²) >= 11 is 0. The van der Waals surface area contributed by atoms with E-state index in [1.54, 1.807) is 6.92 Å². The van der Waals surface area contributed by atoms with Crippen LogP contribution in [-0.2, 0) is 9.53 Å². The molecular weight excluding hydrogens is 256 g/mol. The lowest BCUT2D eigenvalue weighted by atomic mass is 9.92. The predicted octanol–water partition coefficient (Wildman–Crippen LogP) is 1.47. The minimum absolute atomic E-state index is 0.257. The standard InChI is InChI=1S/C15H28N2O3/c1-4-7-16-15(3,14(18)19)8-11(2)17-9-12-5-6-13(10-17)20-12/h11-13,16H,4-10H2,1-3H3,(H,18,19). The lowest BCUT2D eigenvalue weighted by Crippen LogP contribution is -2.55. The first-order valence-electron chi connectivity index (χ1n) is 7.82. The summed E-state index contributed by atoms with van der Waals surface area (Å²) in [5, 5.41) is 12.7. The molecule has 2 saturated heterocycles. The SMILES string of the molecule is CCCNC(C)(CC(C)N1CC2CCC(C1)O2)C(=O)O. The molecule has 0 amide bonds. The zero-order chi connectivity index (χ0) is 14.8. The molecule has 2 fully saturated rings. The highest BCUT2D eigenvalue weighted by Crippen LogP contribution is 2.29. The van der Waals surface area contributed by atoms with E-state index in [1.807, 2.05) is 0 Å². The molecule has 0 aromatic heterocycles. The second-order valence-corrected chi connectivity index (χ2v) is 6.53. The number of morpholine rings is 1. The molecule has 2 aliphatic heterocycles. The average Bonchev–Trinajstić information content (AvgIpc) is 2.74. The Hall–Kier alpha value is -0.650. The van der Waals surface area contributed by atoms with Crippen molar-refractivity contribution in [2.24, 2.45) is 0 Å². The molecule has 2 rings (SSSR count). The molecule has 4 atom stereocenters. The normalized spacial score (nSPS) is 30.9. The summed E-state index contributed by atoms with van der Waals surface area (Å²) in [6.07, 6.45) is 4.59. The van der Waals surface area contributed by atoms with E-state index in [1.165, 1.54) is 0 Å². The van der Waals surface area contributed by atoms with Gasteiger partial charge in [-0.25, -0.2) is 0 Å². The Morgan fingerprint density at radius 3 is 2.55 bits per heavy atom. The topological polar surface area (TPSA) is 61.8 Å². The second-order valence-electron chi connectivity index (χ2n) is 6.53. The first-order valence-corrected chi connectivity index (χ1v) is 7.82. The summed E-state index contributed by atoms with van der Waals surface area (Å²) in [4.78, 5) is 14.0. The molecule has 0 saturated carbocycles. The van der Waals surface area contributed by atoms with Crippen LogP contribution in [0.25, 0.3) is 0 Å². The maximum absolute atomic E-state index is 11.6. The van der Waals surface area contributed by atoms with Gasteiger partial charge in [0.1, 0.15) is 5.54 Å². The number of carbonyl (C=O) groups is 1. The maximum Gasteiger partial charge on any atom is 0.323 e. The molecule has 0 spiro atoms. The molecule has 0 aromatic rings. The van der Waals surface area contributed by atoms with E-state index in [-0.39, 0.29) is 6.04 Å². The maximum atomic E-state index is 11.6. The van der Waals surface area contributed by atoms with Crippen LogP contribution in [0.15, 0.2) is 0 Å². The quantitative estimate of drug-likeness (QED) is 0.741. The summed E-state index contributed by atoms with van der Waals surface area (Å²) in [7, 11) is 0. The van der Waals surface area contributed by atoms with Crippen LogP contribution in [0.3, 0.4) is 0 Å². The Morgan fingerprint density at radius 1 is 1.45 bits per heavy atom. The van der Waals surface area contributed by atoms with E-state index < -0.39 is 11.5 Å². The van der Waals surface area contributed by atoms with Crippen molar-refractivity contribution in [1.29, 1.82) is 0 Å². The highest BCUT2D eigenvalue weighted by molar-refractivity contribution is 5.78. The summed E-state index contributed by atoms with van der Waals surface area (Å²) < 4.78 is 5.85. The van der Waals surface area contributed by atoms with Gasteiger partial charge in [0.15, 0.2) is 0 Å². The molecule has 5 heteroatoms. The van der Waals surface area contributed by atoms with Gasteiger partial charge in [-0.2, -0.15) is 0 Å². The van der Waals surface area contributed by atoms with Crippen molar-refractivity contribution in [3.8, 4) is 0 Å². The van der Waals surface area contributed by atoms with Crippen LogP contribution in [0.1, 0.15) is 46.5 Å². The summed E-state index contributed by atoms with van der Waals surface area (Å²) in [6.45, 7) is 8.63. The van der Waals surface area contributed by atoms with Gasteiger partial charge in [0, 0.05) is 19.1 Å². The lowest BCUT2D eigenvalue weighted by Gasteiger charge is -2.39. The molecule has 0 aliphatic carbocycles. The fourth-order valence-electron chi connectivity index (χ4n) is 3.36. The first kappa shape index (κ1) is 15.7. The van der Waals surface area contributed by atoms with Crippen LogP contribution in [0.2, 0.25) is 0 Å². The third-order valence-corrected chi connectivity index (χ3v) is 4.64. The van der Waals surface area contributed by atoms with Gasteiger partial charge in [-0.3, -0.25) is 9.69 Å². The molecule has 2 heterocycles.